The van der Waals surface area contributed by atoms with Gasteiger partial charge in [-0.15, -0.1) is 0 Å². The Kier molecular flexibility index (Phi) is 24.7. The molecule has 0 amide bonds. The molecule has 0 nitrogen and oxygen atoms in total. The summed E-state index contributed by atoms with van der Waals surface area (Å²) in [5.74, 6) is 0. The predicted octanol–water partition coefficient (Wildman–Crippen LogP) is 2.39. The maximum atomic E-state index is 2.41. The summed E-state index contributed by atoms with van der Waals surface area (Å²) in [6, 6.07) is 0. The molecule has 1 radical (unpaired) electrons. The largest absolute Gasteiger partial charge is 0 e. The van der Waals surface area contributed by atoms with Crippen LogP contribution in [0.15, 0.2) is 0 Å². The third-order valence-corrected chi connectivity index (χ3v) is 0. The van der Waals surface area contributed by atoms with E-state index in [9.17, 15) is 0 Å². The molecule has 0 spiro atoms. The molecule has 0 aromatic carbocycles. The molecule has 0 saturated heterocycles. The van der Waals surface area contributed by atoms with Crippen molar-refractivity contribution in [2.75, 3.05) is 0 Å². The van der Waals surface area contributed by atoms with Crippen LogP contribution in [0.5, 0.6) is 0 Å². The van der Waals surface area contributed by atoms with Gasteiger partial charge in [-0.2, -0.15) is 0 Å². The minimum Gasteiger partial charge on any atom is 0 e. The summed E-state index contributed by atoms with van der Waals surface area (Å²) in [4.78, 5) is 0. The fourth-order valence-corrected chi connectivity index (χ4v) is 0. The average Bonchev–Trinajstić information content (AvgIpc) is 0.918. The van der Waals surface area contributed by atoms with E-state index in [1.165, 1.54) is 0 Å². The Morgan fingerprint density at radius 2 is 1.25 bits per heavy atom. The molecule has 0 rings (SSSR count). The van der Waals surface area contributed by atoms with Gasteiger partial charge in [-0.3, -0.25) is 0 Å². The van der Waals surface area contributed by atoms with E-state index in [2.05, 4.69) is 37.2 Å². The first-order chi connectivity index (χ1) is 1.41. The van der Waals surface area contributed by atoms with Crippen molar-refractivity contribution in [2.45, 2.75) is 0 Å². The molecular weight excluding hydrogens is 470 g/mol. The van der Waals surface area contributed by atoms with Crippen molar-refractivity contribution >= 4 is 50.5 Å². The zero-order valence-corrected chi connectivity index (χ0v) is 11.2. The summed E-state index contributed by atoms with van der Waals surface area (Å²) in [5, 5.41) is 0. The fourth-order valence-electron chi connectivity index (χ4n) is 0. The molecule has 0 aromatic rings. The van der Waals surface area contributed by atoms with Crippen molar-refractivity contribution in [3.63, 3.8) is 0 Å². The van der Waals surface area contributed by atoms with Crippen LogP contribution in [-0.2, 0) is 32.7 Å². The second-order valence-electron chi connectivity index (χ2n) is 0.0583. The maximum absolute atomic E-state index is 2.41. The van der Waals surface area contributed by atoms with E-state index < -0.39 is 0 Å². The standard InChI is InChI=1S/HI3.Y/c1-3-2;/h3H;. The third-order valence-electron chi connectivity index (χ3n) is 0. The summed E-state index contributed by atoms with van der Waals surface area (Å²) >= 11 is 5.22. The van der Waals surface area contributed by atoms with Crippen molar-refractivity contribution < 1.29 is 32.7 Å². The second kappa shape index (κ2) is 9.57. The minimum absolute atomic E-state index is 0. The van der Waals surface area contributed by atoms with Gasteiger partial charge in [-0.1, -0.05) is 0 Å². The van der Waals surface area contributed by atoms with Gasteiger partial charge in [0, 0.05) is 32.7 Å². The molecule has 0 unspecified atom stereocenters. The van der Waals surface area contributed by atoms with Crippen molar-refractivity contribution in [3.05, 3.63) is 0 Å². The number of hydrogen-bond acceptors (Lipinski definition) is 0. The van der Waals surface area contributed by atoms with Gasteiger partial charge in [-0.25, -0.2) is 0 Å². The molecule has 0 aromatic heterocycles. The van der Waals surface area contributed by atoms with Gasteiger partial charge in [0.25, 0.3) is 0 Å². The smallest absolute Gasteiger partial charge is 0 e. The van der Waals surface area contributed by atoms with Gasteiger partial charge < -0.3 is 0 Å². The van der Waals surface area contributed by atoms with Gasteiger partial charge in [0.1, 0.15) is 0 Å². The molecule has 0 fully saturated rings. The van der Waals surface area contributed by atoms with Crippen LogP contribution in [0.4, 0.5) is 0 Å². The van der Waals surface area contributed by atoms with Gasteiger partial charge in [0.05, 0.1) is 0 Å². The summed E-state index contributed by atoms with van der Waals surface area (Å²) in [6.45, 7) is 0. The third kappa shape index (κ3) is 9.00. The summed E-state index contributed by atoms with van der Waals surface area (Å²) in [5.41, 5.74) is 0. The first-order valence-corrected chi connectivity index (χ1v) is 13.9. The van der Waals surface area contributed by atoms with E-state index in [0.29, 0.717) is 13.3 Å². The van der Waals surface area contributed by atoms with Gasteiger partial charge in [0.15, 0.2) is 0 Å². The first kappa shape index (κ1) is 10.3. The van der Waals surface area contributed by atoms with Crippen LogP contribution >= 0.6 is 50.5 Å². The molecule has 4 heavy (non-hydrogen) atoms. The average molecular weight is 471 g/mol. The van der Waals surface area contributed by atoms with E-state index >= 15 is 0 Å². The van der Waals surface area contributed by atoms with E-state index in [0.717, 1.165) is 0 Å². The maximum Gasteiger partial charge on any atom is 0 e. The van der Waals surface area contributed by atoms with Gasteiger partial charge >= 0.3 is 50.5 Å². The number of hydrogen-bond donors (Lipinski definition) is 0. The Labute approximate surface area is 80.7 Å². The Hall–Kier alpha value is 3.29. The SMILES string of the molecule is I[IH]I.[Y]. The molecule has 0 N–H and O–H groups in total. The minimum atomic E-state index is 0. The molecule has 0 aliphatic heterocycles. The van der Waals surface area contributed by atoms with Crippen molar-refractivity contribution in [1.29, 1.82) is 0 Å². The van der Waals surface area contributed by atoms with E-state index in [1.54, 1.807) is 0 Å². The molecule has 0 saturated carbocycles. The predicted molar refractivity (Wildman–Crippen MR) is 43.5 cm³/mol. The Balaban J connectivity index is 0. The molecule has 4 heteroatoms. The Morgan fingerprint density at radius 3 is 1.25 bits per heavy atom. The van der Waals surface area contributed by atoms with Crippen molar-refractivity contribution in [2.24, 2.45) is 0 Å². The second-order valence-corrected chi connectivity index (χ2v) is 17.6. The van der Waals surface area contributed by atoms with Crippen molar-refractivity contribution in [3.8, 4) is 0 Å². The number of rotatable bonds is 0. The first-order valence-electron chi connectivity index (χ1n) is 0.309. The molecule has 0 aliphatic carbocycles. The van der Waals surface area contributed by atoms with E-state index in [-0.39, 0.29) is 32.7 Å². The Bertz CT molecular complexity index is 3.25. The van der Waals surface area contributed by atoms with E-state index in [1.807, 2.05) is 0 Å². The summed E-state index contributed by atoms with van der Waals surface area (Å²) < 4.78 is 0. The molecule has 0 heterocycles. The molecule has 25 valence electrons. The molecule has 0 aliphatic rings. The quantitative estimate of drug-likeness (QED) is 0.477. The molecular formula is HI3Y. The van der Waals surface area contributed by atoms with Crippen LogP contribution in [-0.4, -0.2) is 0 Å². The zero-order valence-electron chi connectivity index (χ0n) is 1.74. The fraction of sp³-hybridized carbons (Fsp3) is 0. The Morgan fingerprint density at radius 1 is 1.25 bits per heavy atom. The number of halogens is 3. The summed E-state index contributed by atoms with van der Waals surface area (Å²) in [7, 11) is 0. The molecule has 0 atom stereocenters. The topological polar surface area (TPSA) is 0 Å². The van der Waals surface area contributed by atoms with Gasteiger partial charge in [0.2, 0.25) is 0 Å². The monoisotopic (exact) mass is 471 g/mol. The van der Waals surface area contributed by atoms with Gasteiger partial charge in [-0.05, 0) is 0 Å². The van der Waals surface area contributed by atoms with Crippen molar-refractivity contribution in [1.82, 2.24) is 0 Å². The van der Waals surface area contributed by atoms with Crippen LogP contribution < -0.4 is 0 Å². The zero-order chi connectivity index (χ0) is 2.71. The van der Waals surface area contributed by atoms with E-state index in [4.69, 9.17) is 0 Å². The van der Waals surface area contributed by atoms with Crippen LogP contribution in [0.1, 0.15) is 0 Å². The summed E-state index contributed by atoms with van der Waals surface area (Å²) in [6.07, 6.45) is 0. The van der Waals surface area contributed by atoms with Crippen LogP contribution in [0.25, 0.3) is 0 Å². The van der Waals surface area contributed by atoms with Crippen LogP contribution in [0.2, 0.25) is 0 Å². The normalized spacial score (nSPS) is 5.50. The molecule has 0 bridgehead atoms. The van der Waals surface area contributed by atoms with Crippen LogP contribution in [0, 0.1) is 0 Å². The van der Waals surface area contributed by atoms with Crippen LogP contribution in [0.3, 0.4) is 0 Å².